The number of hydrogen-bond donors (Lipinski definition) is 0. The summed E-state index contributed by atoms with van der Waals surface area (Å²) in [4.78, 5) is 7.24. The van der Waals surface area contributed by atoms with Crippen molar-refractivity contribution >= 4 is 17.0 Å². The van der Waals surface area contributed by atoms with Crippen molar-refractivity contribution in [1.82, 2.24) is 4.98 Å². The molecule has 0 bridgehead atoms. The van der Waals surface area contributed by atoms with Crippen LogP contribution in [0.2, 0.25) is 0 Å². The minimum atomic E-state index is -0.409. The molecule has 0 unspecified atom stereocenters. The fourth-order valence-electron chi connectivity index (χ4n) is 2.06. The van der Waals surface area contributed by atoms with Gasteiger partial charge in [0.2, 0.25) is 5.95 Å². The topological polar surface area (TPSA) is 16.1 Å². The van der Waals surface area contributed by atoms with Crippen LogP contribution in [-0.2, 0) is 13.0 Å². The molecule has 2 nitrogen and oxygen atoms in total. The molecule has 4 heteroatoms. The summed E-state index contributed by atoms with van der Waals surface area (Å²) in [6.45, 7) is 1.83. The zero-order chi connectivity index (χ0) is 11.0. The zero-order valence-corrected chi connectivity index (χ0v) is 9.51. The fourth-order valence-corrected chi connectivity index (χ4v) is 2.95. The molecule has 0 spiro atoms. The highest BCUT2D eigenvalue weighted by Crippen LogP contribution is 2.27. The number of aromatic nitrogens is 1. The van der Waals surface area contributed by atoms with Crippen LogP contribution in [-0.4, -0.2) is 11.5 Å². The molecule has 0 aliphatic carbocycles. The molecule has 1 aliphatic rings. The molecule has 3 heterocycles. The lowest BCUT2D eigenvalue weighted by atomic mass is 10.1. The van der Waals surface area contributed by atoms with Gasteiger partial charge in [0, 0.05) is 35.9 Å². The number of halogens is 1. The Kier molecular flexibility index (Phi) is 2.36. The number of anilines is 1. The van der Waals surface area contributed by atoms with Gasteiger partial charge in [0.1, 0.15) is 0 Å². The second-order valence-electron chi connectivity index (χ2n) is 3.88. The highest BCUT2D eigenvalue weighted by Gasteiger charge is 2.17. The van der Waals surface area contributed by atoms with Crippen LogP contribution >= 0.6 is 11.3 Å². The van der Waals surface area contributed by atoms with Crippen LogP contribution in [0.25, 0.3) is 0 Å². The van der Waals surface area contributed by atoms with E-state index in [1.165, 1.54) is 22.7 Å². The molecular formula is C12H11FN2S. The Labute approximate surface area is 97.4 Å². The van der Waals surface area contributed by atoms with Gasteiger partial charge in [0.05, 0.1) is 0 Å². The lowest BCUT2D eigenvalue weighted by Gasteiger charge is -2.28. The molecule has 82 valence electrons. The van der Waals surface area contributed by atoms with E-state index in [0.717, 1.165) is 25.2 Å². The summed E-state index contributed by atoms with van der Waals surface area (Å²) in [7, 11) is 0. The van der Waals surface area contributed by atoms with Crippen molar-refractivity contribution in [3.63, 3.8) is 0 Å². The molecule has 0 fully saturated rings. The van der Waals surface area contributed by atoms with Gasteiger partial charge in [-0.25, -0.2) is 4.98 Å². The van der Waals surface area contributed by atoms with E-state index in [-0.39, 0.29) is 0 Å². The van der Waals surface area contributed by atoms with Crippen molar-refractivity contribution in [1.29, 1.82) is 0 Å². The van der Waals surface area contributed by atoms with E-state index in [1.54, 1.807) is 0 Å². The number of fused-ring (bicyclic) bond motifs is 1. The molecule has 0 atom stereocenters. The van der Waals surface area contributed by atoms with E-state index in [0.29, 0.717) is 0 Å². The quantitative estimate of drug-likeness (QED) is 0.705. The van der Waals surface area contributed by atoms with Crippen molar-refractivity contribution in [3.05, 3.63) is 46.2 Å². The summed E-state index contributed by atoms with van der Waals surface area (Å²) in [6.07, 6.45) is 2.57. The molecule has 0 saturated heterocycles. The Morgan fingerprint density at radius 3 is 3.19 bits per heavy atom. The van der Waals surface area contributed by atoms with E-state index in [4.69, 9.17) is 0 Å². The van der Waals surface area contributed by atoms with Gasteiger partial charge in [-0.3, -0.25) is 0 Å². The molecule has 2 aromatic heterocycles. The Hall–Kier alpha value is -1.42. The van der Waals surface area contributed by atoms with Crippen molar-refractivity contribution in [2.75, 3.05) is 11.4 Å². The van der Waals surface area contributed by atoms with Crippen LogP contribution in [0.3, 0.4) is 0 Å². The minimum absolute atomic E-state index is 0.409. The smallest absolute Gasteiger partial charge is 0.214 e. The molecule has 0 N–H and O–H groups in total. The highest BCUT2D eigenvalue weighted by atomic mass is 32.1. The van der Waals surface area contributed by atoms with Crippen molar-refractivity contribution in [2.45, 2.75) is 13.0 Å². The van der Waals surface area contributed by atoms with Crippen LogP contribution in [0.1, 0.15) is 10.4 Å². The third-order valence-corrected chi connectivity index (χ3v) is 3.91. The maximum atomic E-state index is 13.0. The van der Waals surface area contributed by atoms with Crippen LogP contribution in [0, 0.1) is 5.95 Å². The van der Waals surface area contributed by atoms with Gasteiger partial charge < -0.3 is 4.90 Å². The third-order valence-electron chi connectivity index (χ3n) is 2.88. The van der Waals surface area contributed by atoms with E-state index < -0.39 is 5.95 Å². The van der Waals surface area contributed by atoms with Crippen LogP contribution in [0.5, 0.6) is 0 Å². The second-order valence-corrected chi connectivity index (χ2v) is 4.88. The molecule has 0 amide bonds. The third kappa shape index (κ3) is 1.69. The van der Waals surface area contributed by atoms with Gasteiger partial charge in [-0.15, -0.1) is 11.3 Å². The molecule has 2 aromatic rings. The van der Waals surface area contributed by atoms with Gasteiger partial charge in [0.25, 0.3) is 0 Å². The van der Waals surface area contributed by atoms with Crippen LogP contribution < -0.4 is 4.90 Å². The Bertz CT molecular complexity index is 509. The predicted octanol–water partition coefficient (Wildman–Crippen LogP) is 2.84. The van der Waals surface area contributed by atoms with Gasteiger partial charge in [0.15, 0.2) is 0 Å². The first-order valence-electron chi connectivity index (χ1n) is 5.25. The number of nitrogens with zero attached hydrogens (tertiary/aromatic N) is 2. The Balaban J connectivity index is 1.88. The van der Waals surface area contributed by atoms with Crippen molar-refractivity contribution in [3.8, 4) is 0 Å². The van der Waals surface area contributed by atoms with E-state index >= 15 is 0 Å². The fraction of sp³-hybridized carbons (Fsp3) is 0.250. The van der Waals surface area contributed by atoms with Crippen LogP contribution in [0.4, 0.5) is 10.1 Å². The molecule has 3 rings (SSSR count). The molecule has 0 saturated carbocycles. The number of rotatable bonds is 1. The average molecular weight is 234 g/mol. The number of hydrogen-bond acceptors (Lipinski definition) is 3. The Morgan fingerprint density at radius 2 is 2.31 bits per heavy atom. The minimum Gasteiger partial charge on any atom is -0.367 e. The molecule has 0 aromatic carbocycles. The molecular weight excluding hydrogens is 223 g/mol. The zero-order valence-electron chi connectivity index (χ0n) is 8.69. The standard InChI is InChI=1S/C12H11FN2S/c13-12-7-10(1-4-14-12)15-5-2-11-9(8-15)3-6-16-11/h1,3-4,6-7H,2,5,8H2. The van der Waals surface area contributed by atoms with E-state index in [9.17, 15) is 4.39 Å². The first-order chi connectivity index (χ1) is 7.83. The first kappa shape index (κ1) is 9.78. The normalized spacial score (nSPS) is 14.9. The number of thiophene rings is 1. The summed E-state index contributed by atoms with van der Waals surface area (Å²) < 4.78 is 13.0. The predicted molar refractivity (Wildman–Crippen MR) is 63.3 cm³/mol. The van der Waals surface area contributed by atoms with Crippen molar-refractivity contribution < 1.29 is 4.39 Å². The van der Waals surface area contributed by atoms with Crippen LogP contribution in [0.15, 0.2) is 29.8 Å². The maximum absolute atomic E-state index is 13.0. The summed E-state index contributed by atoms with van der Waals surface area (Å²) in [5.41, 5.74) is 2.29. The SMILES string of the molecule is Fc1cc(N2CCc3sccc3C2)ccn1. The molecule has 16 heavy (non-hydrogen) atoms. The van der Waals surface area contributed by atoms with Gasteiger partial charge in [-0.1, -0.05) is 0 Å². The molecule has 1 aliphatic heterocycles. The molecule has 0 radical (unpaired) electrons. The van der Waals surface area contributed by atoms with Gasteiger partial charge >= 0.3 is 0 Å². The maximum Gasteiger partial charge on any atom is 0.214 e. The largest absolute Gasteiger partial charge is 0.367 e. The summed E-state index contributed by atoms with van der Waals surface area (Å²) >= 11 is 1.81. The highest BCUT2D eigenvalue weighted by molar-refractivity contribution is 7.10. The summed E-state index contributed by atoms with van der Waals surface area (Å²) in [5.74, 6) is -0.409. The lowest BCUT2D eigenvalue weighted by molar-refractivity contribution is 0.582. The van der Waals surface area contributed by atoms with Gasteiger partial charge in [-0.05, 0) is 29.5 Å². The summed E-state index contributed by atoms with van der Waals surface area (Å²) in [6, 6.07) is 5.52. The second kappa shape index (κ2) is 3.87. The van der Waals surface area contributed by atoms with Gasteiger partial charge in [-0.2, -0.15) is 4.39 Å². The monoisotopic (exact) mass is 234 g/mol. The Morgan fingerprint density at radius 1 is 1.38 bits per heavy atom. The summed E-state index contributed by atoms with van der Waals surface area (Å²) in [5, 5.41) is 2.13. The number of pyridine rings is 1. The van der Waals surface area contributed by atoms with E-state index in [2.05, 4.69) is 21.3 Å². The lowest BCUT2D eigenvalue weighted by Crippen LogP contribution is -2.29. The average Bonchev–Trinajstić information content (AvgIpc) is 2.75. The first-order valence-corrected chi connectivity index (χ1v) is 6.12. The van der Waals surface area contributed by atoms with E-state index in [1.807, 2.05) is 17.4 Å². The van der Waals surface area contributed by atoms with Crippen molar-refractivity contribution in [2.24, 2.45) is 0 Å².